The van der Waals surface area contributed by atoms with Gasteiger partial charge in [-0.15, -0.1) is 0 Å². The van der Waals surface area contributed by atoms with E-state index in [4.69, 9.17) is 9.47 Å². The Hall–Kier alpha value is -1.85. The van der Waals surface area contributed by atoms with Crippen molar-refractivity contribution in [3.63, 3.8) is 0 Å². The van der Waals surface area contributed by atoms with Crippen molar-refractivity contribution in [1.82, 2.24) is 0 Å². The van der Waals surface area contributed by atoms with Crippen molar-refractivity contribution in [3.8, 4) is 11.5 Å². The number of nitro benzene ring substituents is 1. The molecule has 0 bridgehead atoms. The van der Waals surface area contributed by atoms with Gasteiger partial charge in [-0.25, -0.2) is 0 Å². The van der Waals surface area contributed by atoms with Gasteiger partial charge in [0.1, 0.15) is 0 Å². The molecule has 17 heavy (non-hydrogen) atoms. The molecule has 1 aromatic carbocycles. The van der Waals surface area contributed by atoms with Crippen LogP contribution in [0.15, 0.2) is 12.1 Å². The summed E-state index contributed by atoms with van der Waals surface area (Å²) in [4.78, 5) is 9.78. The Balaban J connectivity index is 3.04. The fourth-order valence-corrected chi connectivity index (χ4v) is 1.28. The van der Waals surface area contributed by atoms with E-state index in [2.05, 4.69) is 0 Å². The highest BCUT2D eigenvalue weighted by molar-refractivity contribution is 5.50. The van der Waals surface area contributed by atoms with Crippen molar-refractivity contribution in [1.29, 1.82) is 0 Å². The van der Waals surface area contributed by atoms with Crippen LogP contribution in [0.5, 0.6) is 11.5 Å². The molecule has 0 atom stereocenters. The van der Waals surface area contributed by atoms with Gasteiger partial charge >= 0.3 is 5.69 Å². The third-order valence-corrected chi connectivity index (χ3v) is 2.20. The van der Waals surface area contributed by atoms with Crippen LogP contribution in [0.3, 0.4) is 0 Å². The SMILES string of the molecule is CCCCOc1c(OC)ccc([N+](=O)[O-])c1F. The van der Waals surface area contributed by atoms with E-state index in [-0.39, 0.29) is 11.5 Å². The van der Waals surface area contributed by atoms with Gasteiger partial charge in [0, 0.05) is 6.07 Å². The molecule has 0 aliphatic heterocycles. The van der Waals surface area contributed by atoms with E-state index >= 15 is 0 Å². The fraction of sp³-hybridized carbons (Fsp3) is 0.455. The van der Waals surface area contributed by atoms with Crippen molar-refractivity contribution >= 4 is 5.69 Å². The van der Waals surface area contributed by atoms with Crippen LogP contribution in [-0.2, 0) is 0 Å². The summed E-state index contributed by atoms with van der Waals surface area (Å²) in [5.41, 5.74) is -0.614. The maximum atomic E-state index is 13.8. The second kappa shape index (κ2) is 6.03. The average Bonchev–Trinajstić information content (AvgIpc) is 2.30. The largest absolute Gasteiger partial charge is 0.493 e. The molecule has 1 aromatic rings. The lowest BCUT2D eigenvalue weighted by molar-refractivity contribution is -0.387. The first-order valence-corrected chi connectivity index (χ1v) is 5.25. The molecule has 94 valence electrons. The topological polar surface area (TPSA) is 61.6 Å². The van der Waals surface area contributed by atoms with Crippen LogP contribution >= 0.6 is 0 Å². The molecule has 0 aliphatic rings. The number of hydrogen-bond acceptors (Lipinski definition) is 4. The molecule has 0 unspecified atom stereocenters. The monoisotopic (exact) mass is 243 g/mol. The summed E-state index contributed by atoms with van der Waals surface area (Å²) < 4.78 is 23.8. The maximum absolute atomic E-state index is 13.8. The van der Waals surface area contributed by atoms with Gasteiger partial charge in [0.15, 0.2) is 5.75 Å². The molecule has 0 N–H and O–H groups in total. The Morgan fingerprint density at radius 2 is 2.18 bits per heavy atom. The van der Waals surface area contributed by atoms with Gasteiger partial charge in [-0.1, -0.05) is 13.3 Å². The van der Waals surface area contributed by atoms with Crippen LogP contribution in [0, 0.1) is 15.9 Å². The molecule has 0 saturated heterocycles. The first-order chi connectivity index (χ1) is 8.11. The van der Waals surface area contributed by atoms with Gasteiger partial charge < -0.3 is 9.47 Å². The Morgan fingerprint density at radius 3 is 2.71 bits per heavy atom. The Morgan fingerprint density at radius 1 is 1.47 bits per heavy atom. The van der Waals surface area contributed by atoms with Crippen molar-refractivity contribution in [2.75, 3.05) is 13.7 Å². The highest BCUT2D eigenvalue weighted by Gasteiger charge is 2.22. The van der Waals surface area contributed by atoms with Gasteiger partial charge in [0.25, 0.3) is 0 Å². The molecule has 0 radical (unpaired) electrons. The number of nitro groups is 1. The molecule has 0 heterocycles. The molecule has 0 amide bonds. The number of methoxy groups -OCH3 is 1. The van der Waals surface area contributed by atoms with Crippen LogP contribution in [0.1, 0.15) is 19.8 Å². The molecule has 1 rings (SSSR count). The number of benzene rings is 1. The molecule has 5 nitrogen and oxygen atoms in total. The number of hydrogen-bond donors (Lipinski definition) is 0. The highest BCUT2D eigenvalue weighted by atomic mass is 19.1. The zero-order valence-corrected chi connectivity index (χ0v) is 9.73. The Bertz CT molecular complexity index is 409. The number of nitrogens with zero attached hydrogens (tertiary/aromatic N) is 1. The predicted molar refractivity (Wildman–Crippen MR) is 60.0 cm³/mol. The maximum Gasteiger partial charge on any atom is 0.308 e. The fourth-order valence-electron chi connectivity index (χ4n) is 1.28. The van der Waals surface area contributed by atoms with Crippen LogP contribution in [-0.4, -0.2) is 18.6 Å². The second-order valence-corrected chi connectivity index (χ2v) is 3.39. The van der Waals surface area contributed by atoms with Crippen LogP contribution < -0.4 is 9.47 Å². The van der Waals surface area contributed by atoms with Crippen molar-refractivity contribution in [3.05, 3.63) is 28.1 Å². The first kappa shape index (κ1) is 13.2. The number of rotatable bonds is 6. The zero-order valence-electron chi connectivity index (χ0n) is 9.73. The van der Waals surface area contributed by atoms with E-state index in [1.54, 1.807) is 0 Å². The standard InChI is InChI=1S/C11H14FNO4/c1-3-4-7-17-11-9(16-2)6-5-8(10(11)12)13(14)15/h5-6H,3-4,7H2,1-2H3. The van der Waals surface area contributed by atoms with E-state index in [9.17, 15) is 14.5 Å². The zero-order chi connectivity index (χ0) is 12.8. The quantitative estimate of drug-likeness (QED) is 0.438. The summed E-state index contributed by atoms with van der Waals surface area (Å²) >= 11 is 0. The van der Waals surface area contributed by atoms with E-state index in [0.29, 0.717) is 6.61 Å². The summed E-state index contributed by atoms with van der Waals surface area (Å²) in [6.07, 6.45) is 1.63. The molecule has 0 aliphatic carbocycles. The lowest BCUT2D eigenvalue weighted by Crippen LogP contribution is -2.03. The number of unbranched alkanes of at least 4 members (excludes halogenated alkanes) is 1. The minimum atomic E-state index is -0.995. The van der Waals surface area contributed by atoms with Gasteiger partial charge in [-0.3, -0.25) is 10.1 Å². The van der Waals surface area contributed by atoms with Crippen LogP contribution in [0.2, 0.25) is 0 Å². The van der Waals surface area contributed by atoms with Gasteiger partial charge in [-0.2, -0.15) is 4.39 Å². The molecular formula is C11H14FNO4. The van der Waals surface area contributed by atoms with Crippen molar-refractivity contribution < 1.29 is 18.8 Å². The molecule has 6 heteroatoms. The summed E-state index contributed by atoms with van der Waals surface area (Å²) in [5, 5.41) is 10.6. The smallest absolute Gasteiger partial charge is 0.308 e. The highest BCUT2D eigenvalue weighted by Crippen LogP contribution is 2.35. The summed E-state index contributed by atoms with van der Waals surface area (Å²) in [6.45, 7) is 2.26. The summed E-state index contributed by atoms with van der Waals surface area (Å²) in [5.74, 6) is -1.04. The third kappa shape index (κ3) is 3.05. The third-order valence-electron chi connectivity index (χ3n) is 2.20. The van der Waals surface area contributed by atoms with Crippen molar-refractivity contribution in [2.24, 2.45) is 0 Å². The minimum Gasteiger partial charge on any atom is -0.493 e. The lowest BCUT2D eigenvalue weighted by atomic mass is 10.2. The molecule has 0 spiro atoms. The molecule has 0 aromatic heterocycles. The molecule has 0 saturated carbocycles. The van der Waals surface area contributed by atoms with E-state index in [1.807, 2.05) is 6.92 Å². The molecule has 0 fully saturated rings. The predicted octanol–water partition coefficient (Wildman–Crippen LogP) is 2.92. The average molecular weight is 243 g/mol. The lowest BCUT2D eigenvalue weighted by Gasteiger charge is -2.10. The first-order valence-electron chi connectivity index (χ1n) is 5.25. The van der Waals surface area contributed by atoms with E-state index in [1.165, 1.54) is 13.2 Å². The minimum absolute atomic E-state index is 0.157. The normalized spacial score (nSPS) is 10.1. The Labute approximate surface area is 98.3 Å². The van der Waals surface area contributed by atoms with Crippen LogP contribution in [0.4, 0.5) is 10.1 Å². The number of ether oxygens (including phenoxy) is 2. The summed E-state index contributed by atoms with van der Waals surface area (Å²) in [7, 11) is 1.35. The second-order valence-electron chi connectivity index (χ2n) is 3.39. The van der Waals surface area contributed by atoms with Crippen LogP contribution in [0.25, 0.3) is 0 Å². The van der Waals surface area contributed by atoms with Gasteiger partial charge in [0.05, 0.1) is 18.6 Å². The van der Waals surface area contributed by atoms with Gasteiger partial charge in [0.2, 0.25) is 11.6 Å². The van der Waals surface area contributed by atoms with Gasteiger partial charge in [-0.05, 0) is 12.5 Å². The summed E-state index contributed by atoms with van der Waals surface area (Å²) in [6, 6.07) is 2.38. The Kier molecular flexibility index (Phi) is 4.68. The van der Waals surface area contributed by atoms with E-state index < -0.39 is 16.4 Å². The van der Waals surface area contributed by atoms with E-state index in [0.717, 1.165) is 18.9 Å². The molecular weight excluding hydrogens is 229 g/mol. The van der Waals surface area contributed by atoms with Crippen molar-refractivity contribution in [2.45, 2.75) is 19.8 Å². The number of halogens is 1.